The van der Waals surface area contributed by atoms with Gasteiger partial charge in [0, 0.05) is 0 Å². The molecule has 0 bridgehead atoms. The van der Waals surface area contributed by atoms with Crippen molar-refractivity contribution in [2.75, 3.05) is 0 Å². The van der Waals surface area contributed by atoms with Crippen molar-refractivity contribution in [2.24, 2.45) is 0 Å². The average Bonchev–Trinajstić information content (AvgIpc) is 3.23. The quantitative estimate of drug-likeness (QED) is 0.471. The normalized spacial score (nSPS) is 114. The standard InChI is InChI=1S/C11H18P.C5H5.Fe/c1-9(2)12(10(3)4)11-7-5-6-8-11;1-2-4-5-3-1;/h5-10H,1-4H3;1-5H;. The number of fused-ring (bicyclic) bond motifs is 10. The topological polar surface area (TPSA) is 0 Å². The van der Waals surface area contributed by atoms with Crippen molar-refractivity contribution >= 4 is 7.92 Å². The van der Waals surface area contributed by atoms with E-state index >= 15 is 0 Å². The molecule has 0 aromatic heterocycles. The van der Waals surface area contributed by atoms with Crippen LogP contribution >= 0.6 is 7.92 Å². The molecule has 10 fully saturated rings. The Hall–Kier alpha value is 0.949. The third-order valence-electron chi connectivity index (χ3n) is 16.1. The molecule has 10 aliphatic rings. The van der Waals surface area contributed by atoms with Crippen LogP contribution in [0.4, 0.5) is 0 Å². The Bertz CT molecular complexity index is 884. The second kappa shape index (κ2) is 0.667. The number of rotatable bonds is 3. The van der Waals surface area contributed by atoms with Gasteiger partial charge in [0.05, 0.1) is 0 Å². The number of hydrogen-bond donors (Lipinski definition) is 0. The predicted octanol–water partition coefficient (Wildman–Crippen LogP) is 5.58. The van der Waals surface area contributed by atoms with Crippen LogP contribution in [0, 0.1) is 0 Å². The SMILES string of the molecule is CC(C)P(C(C)C)[C]12[CH]3[CH]4[CH]5[CH]1[Fe]45321678[CH]2[CH]1[CH]6[CH]7[CH]28. The molecule has 10 aliphatic heterocycles. The second-order valence-corrected chi connectivity index (χ2v) is 39.8. The van der Waals surface area contributed by atoms with Crippen molar-refractivity contribution in [1.82, 2.24) is 0 Å². The fourth-order valence-corrected chi connectivity index (χ4v) is 109. The summed E-state index contributed by atoms with van der Waals surface area (Å²) in [5.74, 6) is 0. The molecule has 10 rings (SSSR count). The van der Waals surface area contributed by atoms with Crippen LogP contribution in [0.25, 0.3) is 0 Å². The van der Waals surface area contributed by atoms with Crippen molar-refractivity contribution < 1.29 is 6.51 Å². The molecule has 0 saturated carbocycles. The molecule has 4 atom stereocenters. The molecule has 100 valence electrons. The summed E-state index contributed by atoms with van der Waals surface area (Å²) in [6.45, 7) is 7.69. The first-order chi connectivity index (χ1) is 8.31. The maximum absolute atomic E-state index is 2.75. The molecule has 4 unspecified atom stereocenters. The van der Waals surface area contributed by atoms with E-state index in [1.807, 2.05) is 0 Å². The van der Waals surface area contributed by atoms with Crippen LogP contribution in [0.1, 0.15) is 27.7 Å². The van der Waals surface area contributed by atoms with E-state index < -0.39 is 6.51 Å². The molecule has 0 amide bonds. The molecule has 0 radical (unpaired) electrons. The second-order valence-electron chi connectivity index (χ2n) is 12.2. The minimum absolute atomic E-state index is 0.404. The molecular weight excluding hydrogens is 279 g/mol. The molecule has 10 heterocycles. The summed E-state index contributed by atoms with van der Waals surface area (Å²) in [7, 11) is 0.404. The van der Waals surface area contributed by atoms with Crippen LogP contribution < -0.4 is 0 Å². The maximum atomic E-state index is 2.61. The van der Waals surface area contributed by atoms with Gasteiger partial charge in [0.1, 0.15) is 0 Å². The van der Waals surface area contributed by atoms with Crippen molar-refractivity contribution in [3.8, 4) is 0 Å². The summed E-state index contributed by atoms with van der Waals surface area (Å²) < 4.78 is 1.22. The fraction of sp³-hybridized carbons (Fsp3) is 1.00. The molecule has 18 heavy (non-hydrogen) atoms. The first-order valence-electron chi connectivity index (χ1n) is 8.31. The minimum atomic E-state index is -2.75. The van der Waals surface area contributed by atoms with E-state index in [4.69, 9.17) is 0 Å². The Balaban J connectivity index is 1.53. The molecule has 0 aromatic rings. The van der Waals surface area contributed by atoms with Gasteiger partial charge in [0.2, 0.25) is 0 Å². The first-order valence-corrected chi connectivity index (χ1v) is 16.1. The van der Waals surface area contributed by atoms with Gasteiger partial charge >= 0.3 is 101 Å². The van der Waals surface area contributed by atoms with E-state index in [0.717, 1.165) is 11.3 Å². The van der Waals surface area contributed by atoms with Gasteiger partial charge in [-0.05, 0) is 0 Å². The summed E-state index contributed by atoms with van der Waals surface area (Å²) in [4.78, 5) is 13.9. The van der Waals surface area contributed by atoms with E-state index in [1.54, 1.807) is 33.7 Å². The molecule has 0 aliphatic carbocycles. The summed E-state index contributed by atoms with van der Waals surface area (Å²) in [5, 5.41) is 0. The van der Waals surface area contributed by atoms with Gasteiger partial charge in [-0.1, -0.05) is 0 Å². The van der Waals surface area contributed by atoms with Crippen LogP contribution in [0.3, 0.4) is 0 Å². The molecular formula is C16H23FeP. The third-order valence-corrected chi connectivity index (χ3v) is 66.3. The molecule has 0 N–H and O–H groups in total. The van der Waals surface area contributed by atoms with Crippen molar-refractivity contribution in [3.05, 3.63) is 0 Å². The van der Waals surface area contributed by atoms with E-state index in [0.29, 0.717) is 7.92 Å². The van der Waals surface area contributed by atoms with Gasteiger partial charge in [-0.2, -0.15) is 0 Å². The monoisotopic (exact) mass is 302 g/mol. The van der Waals surface area contributed by atoms with Crippen molar-refractivity contribution in [2.45, 2.75) is 86.4 Å². The Labute approximate surface area is 101 Å². The molecule has 0 nitrogen and oxygen atoms in total. The first kappa shape index (κ1) is 7.82. The van der Waals surface area contributed by atoms with Gasteiger partial charge in [0.25, 0.3) is 0 Å². The van der Waals surface area contributed by atoms with Crippen LogP contribution in [0.15, 0.2) is 0 Å². The predicted molar refractivity (Wildman–Crippen MR) is 73.7 cm³/mol. The van der Waals surface area contributed by atoms with E-state index in [-0.39, 0.29) is 0 Å². The Morgan fingerprint density at radius 1 is 0.722 bits per heavy atom. The zero-order valence-electron chi connectivity index (χ0n) is 11.7. The summed E-state index contributed by atoms with van der Waals surface area (Å²) in [6.07, 6.45) is 0. The van der Waals surface area contributed by atoms with Gasteiger partial charge in [-0.25, -0.2) is 0 Å². The summed E-state index contributed by atoms with van der Waals surface area (Å²) in [5.41, 5.74) is 2.11. The van der Waals surface area contributed by atoms with Gasteiger partial charge in [-0.3, -0.25) is 0 Å². The Morgan fingerprint density at radius 3 is 1.28 bits per heavy atom. The van der Waals surface area contributed by atoms with Crippen molar-refractivity contribution in [3.63, 3.8) is 0 Å². The van der Waals surface area contributed by atoms with E-state index in [2.05, 4.69) is 27.7 Å². The van der Waals surface area contributed by atoms with Gasteiger partial charge < -0.3 is 0 Å². The molecule has 0 aromatic carbocycles. The Morgan fingerprint density at radius 2 is 1.11 bits per heavy atom. The molecule has 10 saturated heterocycles. The molecule has 2 heteroatoms. The number of hydrogen-bond acceptors (Lipinski definition) is 0. The van der Waals surface area contributed by atoms with E-state index in [1.165, 1.54) is 13.7 Å². The van der Waals surface area contributed by atoms with Gasteiger partial charge in [0.15, 0.2) is 0 Å². The van der Waals surface area contributed by atoms with E-state index in [9.17, 15) is 0 Å². The van der Waals surface area contributed by atoms with Crippen LogP contribution in [-0.2, 0) is 6.51 Å². The third kappa shape index (κ3) is 0.0830. The van der Waals surface area contributed by atoms with Crippen LogP contribution in [0.5, 0.6) is 0 Å². The van der Waals surface area contributed by atoms with Crippen LogP contribution in [0.2, 0.25) is 43.3 Å². The van der Waals surface area contributed by atoms with Crippen LogP contribution in [-0.4, -0.2) is 15.4 Å². The van der Waals surface area contributed by atoms with Crippen molar-refractivity contribution in [1.29, 1.82) is 0 Å². The Kier molecular flexibility index (Phi) is 0.289. The summed E-state index contributed by atoms with van der Waals surface area (Å²) >= 11 is 0. The average molecular weight is 302 g/mol. The molecule has 1 spiro atoms. The zero-order valence-corrected chi connectivity index (χ0v) is 13.7. The fourth-order valence-electron chi connectivity index (χ4n) is 18.2. The van der Waals surface area contributed by atoms with Gasteiger partial charge in [-0.15, -0.1) is 0 Å². The summed E-state index contributed by atoms with van der Waals surface area (Å²) in [6, 6.07) is 0. The zero-order chi connectivity index (χ0) is 11.7.